The van der Waals surface area contributed by atoms with Gasteiger partial charge in [-0.1, -0.05) is 17.3 Å². The summed E-state index contributed by atoms with van der Waals surface area (Å²) in [4.78, 5) is 16.0. The molecule has 1 heterocycles. The summed E-state index contributed by atoms with van der Waals surface area (Å²) in [6, 6.07) is 5.76. The number of benzene rings is 1. The van der Waals surface area contributed by atoms with Crippen molar-refractivity contribution in [3.05, 3.63) is 41.0 Å². The third-order valence-corrected chi connectivity index (χ3v) is 3.68. The predicted molar refractivity (Wildman–Crippen MR) is 84.8 cm³/mol. The van der Waals surface area contributed by atoms with Gasteiger partial charge in [-0.3, -0.25) is 4.79 Å². The maximum atomic E-state index is 11.8. The number of aryl methyl sites for hydroxylation is 1. The fourth-order valence-electron chi connectivity index (χ4n) is 1.80. The Morgan fingerprint density at radius 3 is 3.00 bits per heavy atom. The number of carbonyl (C=O) groups is 1. The van der Waals surface area contributed by atoms with E-state index in [0.29, 0.717) is 17.5 Å². The molecule has 1 aromatic heterocycles. The minimum atomic E-state index is -0.231. The summed E-state index contributed by atoms with van der Waals surface area (Å²) in [5, 5.41) is 6.50. The number of nitrogens with one attached hydrogen (secondary N) is 1. The molecular formula is C15H19N3O3S. The maximum Gasteiger partial charge on any atom is 0.258 e. The van der Waals surface area contributed by atoms with Gasteiger partial charge in [0.2, 0.25) is 5.89 Å². The van der Waals surface area contributed by atoms with Gasteiger partial charge in [-0.15, -0.1) is 0 Å². The first-order valence-corrected chi connectivity index (χ1v) is 8.25. The molecule has 118 valence electrons. The molecule has 0 aliphatic carbocycles. The Balaban J connectivity index is 1.79. The Labute approximate surface area is 133 Å². The molecule has 1 N–H and O–H groups in total. The predicted octanol–water partition coefficient (Wildman–Crippen LogP) is 2.24. The molecule has 0 saturated heterocycles. The minimum absolute atomic E-state index is 0.0455. The van der Waals surface area contributed by atoms with E-state index in [1.807, 2.05) is 38.3 Å². The highest BCUT2D eigenvalue weighted by Gasteiger charge is 2.09. The van der Waals surface area contributed by atoms with Crippen molar-refractivity contribution in [1.82, 2.24) is 15.5 Å². The molecule has 2 rings (SSSR count). The summed E-state index contributed by atoms with van der Waals surface area (Å²) in [6.45, 7) is 4.13. The average molecular weight is 321 g/mol. The van der Waals surface area contributed by atoms with Crippen LogP contribution in [0, 0.1) is 13.8 Å². The van der Waals surface area contributed by atoms with Crippen molar-refractivity contribution < 1.29 is 14.1 Å². The quantitative estimate of drug-likeness (QED) is 0.843. The van der Waals surface area contributed by atoms with E-state index in [4.69, 9.17) is 9.26 Å². The van der Waals surface area contributed by atoms with Crippen molar-refractivity contribution in [2.75, 3.05) is 12.9 Å². The summed E-state index contributed by atoms with van der Waals surface area (Å²) in [5.41, 5.74) is 2.17. The van der Waals surface area contributed by atoms with Crippen LogP contribution < -0.4 is 10.1 Å². The Hall–Kier alpha value is -2.02. The molecule has 22 heavy (non-hydrogen) atoms. The summed E-state index contributed by atoms with van der Waals surface area (Å²) < 4.78 is 10.6. The van der Waals surface area contributed by atoms with Crippen LogP contribution in [0.4, 0.5) is 0 Å². The van der Waals surface area contributed by atoms with Crippen LogP contribution in [0.2, 0.25) is 0 Å². The average Bonchev–Trinajstić information content (AvgIpc) is 2.95. The van der Waals surface area contributed by atoms with E-state index in [-0.39, 0.29) is 19.1 Å². The second-order valence-electron chi connectivity index (χ2n) is 4.80. The van der Waals surface area contributed by atoms with Gasteiger partial charge in [-0.2, -0.15) is 16.7 Å². The molecule has 0 saturated carbocycles. The number of hydrogen-bond donors (Lipinski definition) is 1. The second-order valence-corrected chi connectivity index (χ2v) is 5.67. The molecule has 1 aromatic carbocycles. The SMILES string of the molecule is CSCc1noc(CNC(=O)COc2cccc(C)c2C)n1. The van der Waals surface area contributed by atoms with E-state index in [0.717, 1.165) is 16.9 Å². The third kappa shape index (κ3) is 4.49. The molecular weight excluding hydrogens is 302 g/mol. The van der Waals surface area contributed by atoms with Gasteiger partial charge in [0.15, 0.2) is 12.4 Å². The molecule has 0 atom stereocenters. The first-order chi connectivity index (χ1) is 10.6. The zero-order chi connectivity index (χ0) is 15.9. The lowest BCUT2D eigenvalue weighted by molar-refractivity contribution is -0.123. The van der Waals surface area contributed by atoms with Crippen LogP contribution in [0.5, 0.6) is 5.75 Å². The van der Waals surface area contributed by atoms with Gasteiger partial charge in [0.05, 0.1) is 12.3 Å². The smallest absolute Gasteiger partial charge is 0.258 e. The summed E-state index contributed by atoms with van der Waals surface area (Å²) in [6.07, 6.45) is 1.96. The van der Waals surface area contributed by atoms with Crippen LogP contribution >= 0.6 is 11.8 Å². The lowest BCUT2D eigenvalue weighted by atomic mass is 10.1. The molecule has 0 unspecified atom stereocenters. The summed E-state index contributed by atoms with van der Waals surface area (Å²) >= 11 is 1.61. The number of nitrogens with zero attached hydrogens (tertiary/aromatic N) is 2. The largest absolute Gasteiger partial charge is 0.483 e. The molecule has 0 aliphatic heterocycles. The first kappa shape index (κ1) is 16.4. The van der Waals surface area contributed by atoms with Gasteiger partial charge in [-0.05, 0) is 37.3 Å². The van der Waals surface area contributed by atoms with Crippen LogP contribution in [-0.4, -0.2) is 28.9 Å². The van der Waals surface area contributed by atoms with Crippen molar-refractivity contribution in [3.63, 3.8) is 0 Å². The molecule has 7 heteroatoms. The molecule has 2 aromatic rings. The van der Waals surface area contributed by atoms with E-state index in [1.54, 1.807) is 11.8 Å². The highest BCUT2D eigenvalue weighted by Crippen LogP contribution is 2.20. The normalized spacial score (nSPS) is 10.5. The molecule has 0 aliphatic rings. The van der Waals surface area contributed by atoms with Crippen LogP contribution in [0.1, 0.15) is 22.8 Å². The van der Waals surface area contributed by atoms with Crippen molar-refractivity contribution in [2.45, 2.75) is 26.1 Å². The Morgan fingerprint density at radius 2 is 2.23 bits per heavy atom. The van der Waals surface area contributed by atoms with Gasteiger partial charge >= 0.3 is 0 Å². The molecule has 0 fully saturated rings. The van der Waals surface area contributed by atoms with E-state index in [9.17, 15) is 4.79 Å². The summed E-state index contributed by atoms with van der Waals surface area (Å²) in [7, 11) is 0. The van der Waals surface area contributed by atoms with Crippen LogP contribution in [0.25, 0.3) is 0 Å². The number of hydrogen-bond acceptors (Lipinski definition) is 6. The van der Waals surface area contributed by atoms with Crippen molar-refractivity contribution in [2.24, 2.45) is 0 Å². The third-order valence-electron chi connectivity index (χ3n) is 3.13. The van der Waals surface area contributed by atoms with Crippen molar-refractivity contribution in [1.29, 1.82) is 0 Å². The number of thioether (sulfide) groups is 1. The second kappa shape index (κ2) is 7.84. The highest BCUT2D eigenvalue weighted by atomic mass is 32.2. The number of carbonyl (C=O) groups excluding carboxylic acids is 1. The maximum absolute atomic E-state index is 11.8. The molecule has 0 spiro atoms. The van der Waals surface area contributed by atoms with Gasteiger partial charge < -0.3 is 14.6 Å². The number of ether oxygens (including phenoxy) is 1. The topological polar surface area (TPSA) is 77.2 Å². The Morgan fingerprint density at radius 1 is 1.41 bits per heavy atom. The van der Waals surface area contributed by atoms with E-state index in [1.165, 1.54) is 0 Å². The molecule has 6 nitrogen and oxygen atoms in total. The van der Waals surface area contributed by atoms with Crippen LogP contribution in [0.15, 0.2) is 22.7 Å². The molecule has 1 amide bonds. The Kier molecular flexibility index (Phi) is 5.83. The van der Waals surface area contributed by atoms with E-state index >= 15 is 0 Å². The monoisotopic (exact) mass is 321 g/mol. The summed E-state index contributed by atoms with van der Waals surface area (Å²) in [5.74, 6) is 2.20. The fourth-order valence-corrected chi connectivity index (χ4v) is 2.17. The highest BCUT2D eigenvalue weighted by molar-refractivity contribution is 7.97. The zero-order valence-corrected chi connectivity index (χ0v) is 13.7. The lowest BCUT2D eigenvalue weighted by Gasteiger charge is -2.10. The number of rotatable bonds is 7. The lowest BCUT2D eigenvalue weighted by Crippen LogP contribution is -2.28. The minimum Gasteiger partial charge on any atom is -0.483 e. The Bertz CT molecular complexity index is 643. The molecule has 0 bridgehead atoms. The fraction of sp³-hybridized carbons (Fsp3) is 0.400. The van der Waals surface area contributed by atoms with Gasteiger partial charge in [0, 0.05) is 0 Å². The number of amides is 1. The molecule has 0 radical (unpaired) electrons. The van der Waals surface area contributed by atoms with Crippen molar-refractivity contribution in [3.8, 4) is 5.75 Å². The van der Waals surface area contributed by atoms with Crippen LogP contribution in [-0.2, 0) is 17.1 Å². The number of aromatic nitrogens is 2. The zero-order valence-electron chi connectivity index (χ0n) is 12.9. The van der Waals surface area contributed by atoms with Crippen LogP contribution in [0.3, 0.4) is 0 Å². The van der Waals surface area contributed by atoms with Gasteiger partial charge in [0.1, 0.15) is 5.75 Å². The standard InChI is InChI=1S/C15H19N3O3S/c1-10-5-4-6-12(11(10)2)20-8-14(19)16-7-15-17-13(9-22-3)18-21-15/h4-6H,7-9H2,1-3H3,(H,16,19). The first-order valence-electron chi connectivity index (χ1n) is 6.86. The van der Waals surface area contributed by atoms with Crippen molar-refractivity contribution >= 4 is 17.7 Å². The van der Waals surface area contributed by atoms with Gasteiger partial charge in [0.25, 0.3) is 5.91 Å². The van der Waals surface area contributed by atoms with E-state index in [2.05, 4.69) is 15.5 Å². The van der Waals surface area contributed by atoms with E-state index < -0.39 is 0 Å². The van der Waals surface area contributed by atoms with Gasteiger partial charge in [-0.25, -0.2) is 0 Å².